The number of benzene rings is 2. The van der Waals surface area contributed by atoms with E-state index in [0.29, 0.717) is 11.7 Å². The van der Waals surface area contributed by atoms with Crippen molar-refractivity contribution in [1.29, 1.82) is 0 Å². The van der Waals surface area contributed by atoms with E-state index >= 15 is 0 Å². The largest absolute Gasteiger partial charge is 0.508 e. The van der Waals surface area contributed by atoms with Crippen LogP contribution in [0.25, 0.3) is 0 Å². The molecule has 0 spiro atoms. The van der Waals surface area contributed by atoms with E-state index in [1.807, 2.05) is 24.3 Å². The smallest absolute Gasteiger partial charge is 0.234 e. The molecule has 0 aromatic heterocycles. The Labute approximate surface area is 129 Å². The zero-order valence-corrected chi connectivity index (χ0v) is 13.0. The van der Waals surface area contributed by atoms with Gasteiger partial charge in [0, 0.05) is 10.6 Å². The van der Waals surface area contributed by atoms with E-state index in [1.54, 1.807) is 24.3 Å². The number of hydrogen-bond donors (Lipinski definition) is 2. The van der Waals surface area contributed by atoms with Gasteiger partial charge in [0.25, 0.3) is 0 Å². The van der Waals surface area contributed by atoms with Crippen LogP contribution in [-0.4, -0.2) is 16.8 Å². The van der Waals surface area contributed by atoms with Gasteiger partial charge in [-0.1, -0.05) is 26.0 Å². The average molecular weight is 301 g/mol. The number of nitrogens with one attached hydrogen (secondary N) is 1. The van der Waals surface area contributed by atoms with Crippen molar-refractivity contribution >= 4 is 23.4 Å². The molecule has 2 aromatic rings. The fourth-order valence-corrected chi connectivity index (χ4v) is 2.54. The summed E-state index contributed by atoms with van der Waals surface area (Å²) in [5, 5.41) is 12.1. The molecule has 2 N–H and O–H groups in total. The standard InChI is InChI=1S/C17H19NO2S/c1-12(2)13-3-5-14(6-4-13)18-17(20)11-21-16-9-7-15(19)8-10-16/h3-10,12,19H,11H2,1-2H3,(H,18,20). The lowest BCUT2D eigenvalue weighted by Crippen LogP contribution is -2.13. The van der Waals surface area contributed by atoms with E-state index in [1.165, 1.54) is 17.3 Å². The van der Waals surface area contributed by atoms with Crippen molar-refractivity contribution in [3.63, 3.8) is 0 Å². The maximum absolute atomic E-state index is 11.9. The summed E-state index contributed by atoms with van der Waals surface area (Å²) in [7, 11) is 0. The quantitative estimate of drug-likeness (QED) is 0.812. The highest BCUT2D eigenvalue weighted by Crippen LogP contribution is 2.21. The molecule has 0 unspecified atom stereocenters. The maximum atomic E-state index is 11.9. The molecule has 1 amide bonds. The second-order valence-corrected chi connectivity index (χ2v) is 6.16. The first kappa shape index (κ1) is 15.4. The first-order chi connectivity index (χ1) is 10.0. The number of phenols is 1. The van der Waals surface area contributed by atoms with Gasteiger partial charge in [0.2, 0.25) is 5.91 Å². The molecule has 4 heteroatoms. The summed E-state index contributed by atoms with van der Waals surface area (Å²) in [6.07, 6.45) is 0. The fraction of sp³-hybridized carbons (Fsp3) is 0.235. The number of amides is 1. The zero-order valence-electron chi connectivity index (χ0n) is 12.2. The SMILES string of the molecule is CC(C)c1ccc(NC(=O)CSc2ccc(O)cc2)cc1. The minimum atomic E-state index is -0.0367. The van der Waals surface area contributed by atoms with E-state index in [4.69, 9.17) is 0 Å². The number of rotatable bonds is 5. The van der Waals surface area contributed by atoms with Gasteiger partial charge >= 0.3 is 0 Å². The molecule has 2 rings (SSSR count). The number of aromatic hydroxyl groups is 1. The highest BCUT2D eigenvalue weighted by atomic mass is 32.2. The molecular weight excluding hydrogens is 282 g/mol. The van der Waals surface area contributed by atoms with E-state index in [0.717, 1.165) is 10.6 Å². The third-order valence-corrected chi connectivity index (χ3v) is 4.08. The minimum Gasteiger partial charge on any atom is -0.508 e. The van der Waals surface area contributed by atoms with Gasteiger partial charge in [-0.05, 0) is 47.9 Å². The molecule has 0 fully saturated rings. The van der Waals surface area contributed by atoms with Crippen LogP contribution < -0.4 is 5.32 Å². The van der Waals surface area contributed by atoms with E-state index in [2.05, 4.69) is 19.2 Å². The van der Waals surface area contributed by atoms with Gasteiger partial charge in [-0.2, -0.15) is 0 Å². The molecule has 0 radical (unpaired) electrons. The van der Waals surface area contributed by atoms with Crippen LogP contribution in [0.1, 0.15) is 25.3 Å². The van der Waals surface area contributed by atoms with Crippen LogP contribution in [0.2, 0.25) is 0 Å². The summed E-state index contributed by atoms with van der Waals surface area (Å²) in [6, 6.07) is 14.8. The average Bonchev–Trinajstić information content (AvgIpc) is 2.47. The monoisotopic (exact) mass is 301 g/mol. The number of phenolic OH excluding ortho intramolecular Hbond substituents is 1. The topological polar surface area (TPSA) is 49.3 Å². The van der Waals surface area contributed by atoms with Crippen molar-refractivity contribution < 1.29 is 9.90 Å². The van der Waals surface area contributed by atoms with Gasteiger partial charge < -0.3 is 10.4 Å². The second-order valence-electron chi connectivity index (χ2n) is 5.11. The van der Waals surface area contributed by atoms with Crippen LogP contribution >= 0.6 is 11.8 Å². The van der Waals surface area contributed by atoms with Gasteiger partial charge in [-0.15, -0.1) is 11.8 Å². The zero-order chi connectivity index (χ0) is 15.2. The molecule has 0 atom stereocenters. The molecule has 21 heavy (non-hydrogen) atoms. The molecule has 0 heterocycles. The number of hydrogen-bond acceptors (Lipinski definition) is 3. The highest BCUT2D eigenvalue weighted by molar-refractivity contribution is 8.00. The highest BCUT2D eigenvalue weighted by Gasteiger charge is 2.05. The summed E-state index contributed by atoms with van der Waals surface area (Å²) in [5.74, 6) is 1.02. The summed E-state index contributed by atoms with van der Waals surface area (Å²) in [4.78, 5) is 12.8. The van der Waals surface area contributed by atoms with Crippen LogP contribution in [0.3, 0.4) is 0 Å². The van der Waals surface area contributed by atoms with Crippen molar-refractivity contribution in [2.75, 3.05) is 11.1 Å². The Balaban J connectivity index is 1.85. The third kappa shape index (κ3) is 4.83. The Morgan fingerprint density at radius 1 is 1.10 bits per heavy atom. The van der Waals surface area contributed by atoms with Crippen LogP contribution in [0.4, 0.5) is 5.69 Å². The van der Waals surface area contributed by atoms with Gasteiger partial charge in [0.05, 0.1) is 5.75 Å². The van der Waals surface area contributed by atoms with Gasteiger partial charge in [-0.3, -0.25) is 4.79 Å². The molecule has 0 aliphatic rings. The number of carbonyl (C=O) groups excluding carboxylic acids is 1. The molecule has 0 aliphatic carbocycles. The summed E-state index contributed by atoms with van der Waals surface area (Å²) < 4.78 is 0. The summed E-state index contributed by atoms with van der Waals surface area (Å²) in [5.41, 5.74) is 2.07. The normalized spacial score (nSPS) is 10.6. The number of thioether (sulfide) groups is 1. The predicted molar refractivity (Wildman–Crippen MR) is 88.0 cm³/mol. The van der Waals surface area contributed by atoms with Crippen molar-refractivity contribution in [3.8, 4) is 5.75 Å². The Hall–Kier alpha value is -1.94. The van der Waals surface area contributed by atoms with E-state index < -0.39 is 0 Å². The summed E-state index contributed by atoms with van der Waals surface area (Å²) in [6.45, 7) is 4.28. The number of anilines is 1. The maximum Gasteiger partial charge on any atom is 0.234 e. The van der Waals surface area contributed by atoms with Gasteiger partial charge in [0.15, 0.2) is 0 Å². The molecule has 2 aromatic carbocycles. The lowest BCUT2D eigenvalue weighted by atomic mass is 10.0. The molecule has 0 bridgehead atoms. The molecule has 3 nitrogen and oxygen atoms in total. The Morgan fingerprint density at radius 2 is 1.71 bits per heavy atom. The van der Waals surface area contributed by atoms with Crippen LogP contribution in [0.5, 0.6) is 5.75 Å². The van der Waals surface area contributed by atoms with Crippen LogP contribution in [0.15, 0.2) is 53.4 Å². The first-order valence-corrected chi connectivity index (χ1v) is 7.85. The predicted octanol–water partition coefficient (Wildman–Crippen LogP) is 4.25. The molecule has 0 aliphatic heterocycles. The molecule has 0 saturated heterocycles. The van der Waals surface area contributed by atoms with Gasteiger partial charge in [0.1, 0.15) is 5.75 Å². The Kier molecular flexibility index (Phi) is 5.28. The minimum absolute atomic E-state index is 0.0367. The molecule has 0 saturated carbocycles. The van der Waals surface area contributed by atoms with Gasteiger partial charge in [-0.25, -0.2) is 0 Å². The first-order valence-electron chi connectivity index (χ1n) is 6.86. The third-order valence-electron chi connectivity index (χ3n) is 3.07. The summed E-state index contributed by atoms with van der Waals surface area (Å²) >= 11 is 1.44. The van der Waals surface area contributed by atoms with Crippen LogP contribution in [-0.2, 0) is 4.79 Å². The van der Waals surface area contributed by atoms with Crippen molar-refractivity contribution in [2.24, 2.45) is 0 Å². The van der Waals surface area contributed by atoms with Crippen molar-refractivity contribution in [3.05, 3.63) is 54.1 Å². The van der Waals surface area contributed by atoms with Crippen LogP contribution in [0, 0.1) is 0 Å². The fourth-order valence-electron chi connectivity index (χ4n) is 1.84. The lowest BCUT2D eigenvalue weighted by Gasteiger charge is -2.08. The van der Waals surface area contributed by atoms with E-state index in [-0.39, 0.29) is 11.7 Å². The van der Waals surface area contributed by atoms with E-state index in [9.17, 15) is 9.90 Å². The Bertz CT molecular complexity index is 591. The second kappa shape index (κ2) is 7.18. The van der Waals surface area contributed by atoms with Crippen molar-refractivity contribution in [2.45, 2.75) is 24.7 Å². The lowest BCUT2D eigenvalue weighted by molar-refractivity contribution is -0.113. The Morgan fingerprint density at radius 3 is 2.29 bits per heavy atom. The van der Waals surface area contributed by atoms with Crippen molar-refractivity contribution in [1.82, 2.24) is 0 Å². The molecule has 110 valence electrons. The number of carbonyl (C=O) groups is 1. The molecular formula is C17H19NO2S.